The van der Waals surface area contributed by atoms with Crippen LogP contribution >= 0.6 is 0 Å². The van der Waals surface area contributed by atoms with Gasteiger partial charge in [0.15, 0.2) is 0 Å². The van der Waals surface area contributed by atoms with Crippen LogP contribution in [-0.4, -0.2) is 15.9 Å². The van der Waals surface area contributed by atoms with Crippen molar-refractivity contribution in [3.05, 3.63) is 53.6 Å². The van der Waals surface area contributed by atoms with Crippen LogP contribution in [0.5, 0.6) is 0 Å². The van der Waals surface area contributed by atoms with Crippen LogP contribution in [0.3, 0.4) is 0 Å². The smallest absolute Gasteiger partial charge is 0.257 e. The van der Waals surface area contributed by atoms with Gasteiger partial charge in [-0.1, -0.05) is 0 Å². The van der Waals surface area contributed by atoms with E-state index in [2.05, 4.69) is 15.3 Å². The summed E-state index contributed by atoms with van der Waals surface area (Å²) >= 11 is 0. The molecule has 1 aliphatic heterocycles. The Morgan fingerprint density at radius 2 is 2.06 bits per heavy atom. The Labute approximate surface area is 98.0 Å². The molecule has 4 heteroatoms. The molecular formula is C13H9N3O. The molecule has 0 atom stereocenters. The van der Waals surface area contributed by atoms with E-state index in [0.717, 1.165) is 11.3 Å². The molecule has 0 radical (unpaired) electrons. The second kappa shape index (κ2) is 3.83. The fourth-order valence-electron chi connectivity index (χ4n) is 1.75. The Morgan fingerprint density at radius 3 is 3.00 bits per heavy atom. The molecule has 1 aliphatic rings. The molecule has 82 valence electrons. The van der Waals surface area contributed by atoms with E-state index in [0.29, 0.717) is 11.3 Å². The van der Waals surface area contributed by atoms with Crippen LogP contribution in [0.25, 0.3) is 12.2 Å². The Bertz CT molecular complexity index is 620. The van der Waals surface area contributed by atoms with Crippen molar-refractivity contribution in [2.24, 2.45) is 0 Å². The van der Waals surface area contributed by atoms with Crippen LogP contribution in [-0.2, 0) is 0 Å². The first-order chi connectivity index (χ1) is 8.34. The average molecular weight is 223 g/mol. The van der Waals surface area contributed by atoms with Crippen molar-refractivity contribution in [3.63, 3.8) is 0 Å². The van der Waals surface area contributed by atoms with Crippen LogP contribution in [0.2, 0.25) is 0 Å². The summed E-state index contributed by atoms with van der Waals surface area (Å²) in [5.74, 6) is -0.148. The zero-order valence-electron chi connectivity index (χ0n) is 8.92. The van der Waals surface area contributed by atoms with Gasteiger partial charge in [0, 0.05) is 24.2 Å². The zero-order chi connectivity index (χ0) is 11.7. The lowest BCUT2D eigenvalue weighted by molar-refractivity contribution is 0.102. The molecule has 17 heavy (non-hydrogen) atoms. The van der Waals surface area contributed by atoms with Crippen LogP contribution in [0.4, 0.5) is 5.69 Å². The maximum atomic E-state index is 12.0. The minimum atomic E-state index is -0.148. The lowest BCUT2D eigenvalue weighted by Gasteiger charge is -2.12. The number of pyridine rings is 2. The number of hydrogen-bond acceptors (Lipinski definition) is 3. The van der Waals surface area contributed by atoms with Gasteiger partial charge in [-0.25, -0.2) is 0 Å². The van der Waals surface area contributed by atoms with Crippen LogP contribution < -0.4 is 5.32 Å². The predicted molar refractivity (Wildman–Crippen MR) is 65.4 cm³/mol. The summed E-state index contributed by atoms with van der Waals surface area (Å²) < 4.78 is 0. The molecule has 4 nitrogen and oxygen atoms in total. The van der Waals surface area contributed by atoms with Gasteiger partial charge >= 0.3 is 0 Å². The topological polar surface area (TPSA) is 54.9 Å². The normalized spacial score (nSPS) is 14.9. The van der Waals surface area contributed by atoms with Crippen molar-refractivity contribution >= 4 is 23.7 Å². The number of aromatic nitrogens is 2. The second-order valence-electron chi connectivity index (χ2n) is 3.69. The van der Waals surface area contributed by atoms with Gasteiger partial charge in [0.1, 0.15) is 0 Å². The van der Waals surface area contributed by atoms with E-state index < -0.39 is 0 Å². The van der Waals surface area contributed by atoms with E-state index >= 15 is 0 Å². The molecule has 0 spiro atoms. The third-order valence-corrected chi connectivity index (χ3v) is 2.60. The third-order valence-electron chi connectivity index (χ3n) is 2.60. The summed E-state index contributed by atoms with van der Waals surface area (Å²) in [6, 6.07) is 5.29. The predicted octanol–water partition coefficient (Wildman–Crippen LogP) is 2.21. The molecule has 1 amide bonds. The summed E-state index contributed by atoms with van der Waals surface area (Å²) in [6.07, 6.45) is 8.75. The maximum Gasteiger partial charge on any atom is 0.257 e. The number of carbonyl (C=O) groups excluding carboxylic acids is 1. The SMILES string of the molecule is O=C1Nc2ccncc2/C=C\c2ncccc21. The van der Waals surface area contributed by atoms with Gasteiger partial charge in [-0.05, 0) is 30.4 Å². The summed E-state index contributed by atoms with van der Waals surface area (Å²) in [4.78, 5) is 20.2. The molecule has 0 saturated heterocycles. The Morgan fingerprint density at radius 1 is 1.12 bits per heavy atom. The van der Waals surface area contributed by atoms with E-state index in [-0.39, 0.29) is 5.91 Å². The van der Waals surface area contributed by atoms with E-state index in [4.69, 9.17) is 0 Å². The number of anilines is 1. The number of carbonyl (C=O) groups is 1. The molecule has 0 fully saturated rings. The minimum Gasteiger partial charge on any atom is -0.321 e. The van der Waals surface area contributed by atoms with Crippen molar-refractivity contribution in [1.82, 2.24) is 9.97 Å². The molecular weight excluding hydrogens is 214 g/mol. The molecule has 0 aliphatic carbocycles. The van der Waals surface area contributed by atoms with Gasteiger partial charge in [-0.15, -0.1) is 0 Å². The number of nitrogens with one attached hydrogen (secondary N) is 1. The molecule has 2 aromatic rings. The van der Waals surface area contributed by atoms with E-state index in [1.54, 1.807) is 36.8 Å². The number of nitrogens with zero attached hydrogens (tertiary/aromatic N) is 2. The highest BCUT2D eigenvalue weighted by molar-refractivity contribution is 6.08. The Hall–Kier alpha value is -2.49. The van der Waals surface area contributed by atoms with Gasteiger partial charge in [0.2, 0.25) is 0 Å². The number of hydrogen-bond donors (Lipinski definition) is 1. The molecule has 2 aromatic heterocycles. The van der Waals surface area contributed by atoms with Gasteiger partial charge in [-0.2, -0.15) is 0 Å². The Kier molecular flexibility index (Phi) is 2.19. The average Bonchev–Trinajstić information content (AvgIpc) is 2.36. The van der Waals surface area contributed by atoms with Crippen LogP contribution in [0.1, 0.15) is 21.6 Å². The van der Waals surface area contributed by atoms with Crippen molar-refractivity contribution in [3.8, 4) is 0 Å². The van der Waals surface area contributed by atoms with E-state index in [1.807, 2.05) is 12.2 Å². The number of fused-ring (bicyclic) bond motifs is 2. The highest BCUT2D eigenvalue weighted by atomic mass is 16.1. The molecule has 0 unspecified atom stereocenters. The fraction of sp³-hybridized carbons (Fsp3) is 0. The largest absolute Gasteiger partial charge is 0.321 e. The van der Waals surface area contributed by atoms with E-state index in [9.17, 15) is 4.79 Å². The maximum absolute atomic E-state index is 12.0. The Balaban J connectivity index is 2.19. The van der Waals surface area contributed by atoms with Gasteiger partial charge in [0.05, 0.1) is 16.9 Å². The monoisotopic (exact) mass is 223 g/mol. The van der Waals surface area contributed by atoms with Crippen LogP contribution in [0, 0.1) is 0 Å². The van der Waals surface area contributed by atoms with Gasteiger partial charge < -0.3 is 5.32 Å². The van der Waals surface area contributed by atoms with Crippen molar-refractivity contribution < 1.29 is 4.79 Å². The summed E-state index contributed by atoms with van der Waals surface area (Å²) in [5.41, 5.74) is 2.87. The lowest BCUT2D eigenvalue weighted by Crippen LogP contribution is -2.15. The highest BCUT2D eigenvalue weighted by Crippen LogP contribution is 2.21. The summed E-state index contributed by atoms with van der Waals surface area (Å²) in [5, 5.41) is 2.85. The molecule has 1 N–H and O–H groups in total. The van der Waals surface area contributed by atoms with Crippen molar-refractivity contribution in [2.45, 2.75) is 0 Å². The van der Waals surface area contributed by atoms with Crippen molar-refractivity contribution in [1.29, 1.82) is 0 Å². The van der Waals surface area contributed by atoms with E-state index in [1.165, 1.54) is 0 Å². The first kappa shape index (κ1) is 9.72. The first-order valence-electron chi connectivity index (χ1n) is 5.23. The lowest BCUT2D eigenvalue weighted by atomic mass is 10.1. The van der Waals surface area contributed by atoms with Crippen LogP contribution in [0.15, 0.2) is 36.8 Å². The molecule has 3 rings (SSSR count). The van der Waals surface area contributed by atoms with Crippen molar-refractivity contribution in [2.75, 3.05) is 5.32 Å². The minimum absolute atomic E-state index is 0.148. The summed E-state index contributed by atoms with van der Waals surface area (Å²) in [7, 11) is 0. The fourth-order valence-corrected chi connectivity index (χ4v) is 1.75. The molecule has 0 saturated carbocycles. The highest BCUT2D eigenvalue weighted by Gasteiger charge is 2.14. The van der Waals surface area contributed by atoms with Gasteiger partial charge in [-0.3, -0.25) is 14.8 Å². The quantitative estimate of drug-likeness (QED) is 0.745. The standard InChI is InChI=1S/C13H9N3O/c17-13-10-2-1-6-15-12(10)4-3-9-8-14-7-5-11(9)16-13/h1-8H,(H,16,17). The zero-order valence-corrected chi connectivity index (χ0v) is 8.92. The third kappa shape index (κ3) is 1.69. The number of amides is 1. The summed E-state index contributed by atoms with van der Waals surface area (Å²) in [6.45, 7) is 0. The first-order valence-corrected chi connectivity index (χ1v) is 5.23. The molecule has 0 aromatic carbocycles. The molecule has 0 bridgehead atoms. The number of rotatable bonds is 0. The second-order valence-corrected chi connectivity index (χ2v) is 3.69. The van der Waals surface area contributed by atoms with Gasteiger partial charge in [0.25, 0.3) is 5.91 Å². The molecule has 3 heterocycles.